The summed E-state index contributed by atoms with van der Waals surface area (Å²) in [6.07, 6.45) is 3.05. The number of aliphatic hydroxyl groups excluding tert-OH is 2. The summed E-state index contributed by atoms with van der Waals surface area (Å²) in [5.74, 6) is 6.24. The van der Waals surface area contributed by atoms with Gasteiger partial charge in [-0.15, -0.1) is 0 Å². The monoisotopic (exact) mass is 696 g/mol. The Morgan fingerprint density at radius 2 is 1.59 bits per heavy atom. The third-order valence-corrected chi connectivity index (χ3v) is 9.64. The number of likely N-dealkylation sites (tertiary alicyclic amines) is 1. The Kier molecular flexibility index (Phi) is 15.5. The maximum absolute atomic E-state index is 12.7. The van der Waals surface area contributed by atoms with Gasteiger partial charge in [-0.2, -0.15) is 0 Å². The Bertz CT molecular complexity index is 1490. The summed E-state index contributed by atoms with van der Waals surface area (Å²) >= 11 is 0. The van der Waals surface area contributed by atoms with Crippen molar-refractivity contribution >= 4 is 25.9 Å². The van der Waals surface area contributed by atoms with Crippen LogP contribution >= 0.6 is 8.03 Å². The molecule has 1 aliphatic heterocycles. The van der Waals surface area contributed by atoms with Crippen LogP contribution in [0.1, 0.15) is 92.6 Å². The second-order valence-electron chi connectivity index (χ2n) is 12.5. The highest BCUT2D eigenvalue weighted by molar-refractivity contribution is 7.38. The van der Waals surface area contributed by atoms with Gasteiger partial charge in [-0.25, -0.2) is 10.1 Å². The van der Waals surface area contributed by atoms with E-state index in [1.807, 2.05) is 48.5 Å². The first-order chi connectivity index (χ1) is 23.7. The van der Waals surface area contributed by atoms with Gasteiger partial charge in [-0.1, -0.05) is 61.1 Å². The van der Waals surface area contributed by atoms with E-state index in [0.717, 1.165) is 47.9 Å². The third-order valence-electron chi connectivity index (χ3n) is 8.84. The zero-order valence-corrected chi connectivity index (χ0v) is 28.6. The maximum atomic E-state index is 12.7. The molecule has 13 heteroatoms. The van der Waals surface area contributed by atoms with Crippen LogP contribution in [0.15, 0.2) is 48.5 Å². The molecule has 2 aromatic rings. The van der Waals surface area contributed by atoms with E-state index >= 15 is 0 Å². The molecule has 2 aromatic carbocycles. The molecule has 0 spiro atoms. The molecule has 4 rings (SSSR count). The topological polar surface area (TPSA) is 175 Å². The molecule has 0 bridgehead atoms. The summed E-state index contributed by atoms with van der Waals surface area (Å²) in [6, 6.07) is 15.0. The average molecular weight is 697 g/mol. The van der Waals surface area contributed by atoms with Gasteiger partial charge in [-0.05, 0) is 54.4 Å². The minimum Gasteiger partial charge on any atom is -0.441 e. The van der Waals surface area contributed by atoms with Crippen LogP contribution in [0.5, 0.6) is 0 Å². The summed E-state index contributed by atoms with van der Waals surface area (Å²) in [4.78, 5) is 39.2. The van der Waals surface area contributed by atoms with Crippen LogP contribution in [0, 0.1) is 11.8 Å². The Hall–Kier alpha value is -3.85. The number of β-amino-alcohol motifs (C(OH)–C–C–N with tert-alkyl or cyclic N) is 1. The number of alkyl carbamates (subject to hydrolysis) is 1. The number of nitrogens with one attached hydrogen (secondary N) is 2. The lowest BCUT2D eigenvalue weighted by molar-refractivity contribution is -0.134. The van der Waals surface area contributed by atoms with E-state index in [9.17, 15) is 29.2 Å². The van der Waals surface area contributed by atoms with Gasteiger partial charge >= 0.3 is 14.1 Å². The second kappa shape index (κ2) is 20.0. The van der Waals surface area contributed by atoms with Crippen LogP contribution in [-0.2, 0) is 30.0 Å². The van der Waals surface area contributed by atoms with E-state index in [-0.39, 0.29) is 43.8 Å². The van der Waals surface area contributed by atoms with Crippen molar-refractivity contribution in [1.29, 1.82) is 0 Å². The lowest BCUT2D eigenvalue weighted by Crippen LogP contribution is -2.43. The number of amides is 3. The molecule has 0 aromatic heterocycles. The Labute approximate surface area is 288 Å². The van der Waals surface area contributed by atoms with Crippen molar-refractivity contribution < 1.29 is 43.8 Å². The maximum Gasteiger partial charge on any atom is 0.539 e. The van der Waals surface area contributed by atoms with Gasteiger partial charge < -0.3 is 30.5 Å². The van der Waals surface area contributed by atoms with Crippen molar-refractivity contribution in [3.63, 3.8) is 0 Å². The molecule has 0 radical (unpaired) electrons. The molecular weight excluding hydrogens is 649 g/mol. The van der Waals surface area contributed by atoms with E-state index < -0.39 is 38.5 Å². The Morgan fingerprint density at radius 3 is 2.37 bits per heavy atom. The fraction of sp³-hybridized carbons (Fsp3) is 0.528. The number of benzene rings is 2. The third kappa shape index (κ3) is 12.2. The molecule has 5 N–H and O–H groups in total. The quantitative estimate of drug-likeness (QED) is 0.0491. The van der Waals surface area contributed by atoms with Crippen molar-refractivity contribution in [3.05, 3.63) is 70.8 Å². The predicted octanol–water partition coefficient (Wildman–Crippen LogP) is 4.59. The van der Waals surface area contributed by atoms with Gasteiger partial charge in [0.05, 0.1) is 18.2 Å². The molecule has 1 fully saturated rings. The van der Waals surface area contributed by atoms with Gasteiger partial charge in [0.2, 0.25) is 11.8 Å². The van der Waals surface area contributed by atoms with Crippen LogP contribution in [0.4, 0.5) is 4.79 Å². The van der Waals surface area contributed by atoms with Gasteiger partial charge in [-0.3, -0.25) is 9.59 Å². The smallest absolute Gasteiger partial charge is 0.441 e. The summed E-state index contributed by atoms with van der Waals surface area (Å²) in [7, 11) is -2.28. The molecule has 1 saturated heterocycles. The van der Waals surface area contributed by atoms with Crippen molar-refractivity contribution in [2.75, 3.05) is 25.8 Å². The number of rotatable bonds is 18. The first-order valence-corrected chi connectivity index (χ1v) is 18.4. The largest absolute Gasteiger partial charge is 0.539 e. The number of carbonyl (C=O) groups excluding carboxylic acids is 3. The Morgan fingerprint density at radius 1 is 0.918 bits per heavy atom. The highest BCUT2D eigenvalue weighted by Gasteiger charge is 2.39. The van der Waals surface area contributed by atoms with Crippen LogP contribution in [-0.4, -0.2) is 82.3 Å². The number of unbranched alkanes of at least 4 members (excludes halogenated alkanes) is 4. The molecule has 1 heterocycles. The highest BCUT2D eigenvalue weighted by Crippen LogP contribution is 2.29. The van der Waals surface area contributed by atoms with Crippen LogP contribution in [0.25, 0.3) is 0 Å². The van der Waals surface area contributed by atoms with E-state index in [2.05, 4.69) is 27.1 Å². The molecule has 3 amide bonds. The number of ether oxygens (including phenoxy) is 1. The summed E-state index contributed by atoms with van der Waals surface area (Å²) in [5.41, 5.74) is 3.69. The fourth-order valence-corrected chi connectivity index (χ4v) is 6.77. The standard InChI is InChI=1S/C36H46N3O9P/c40-29-24-31(32(41)19-22-49(46)48-45)39(25-29)35(43)16-4-2-9-20-37-34(42)15-3-1-10-21-38-36(44)47-33-23-28-13-6-5-11-26(28)17-18-27-12-7-8-14-30(27)33/h5-8,11-14,29,31-33,40-41H,1-4,9-10,15-16,19-25H2,(H2-,37,38,42,44,45)/p+1. The number of fused-ring (bicyclic) bond motifs is 2. The normalized spacial score (nSPS) is 18.9. The first-order valence-electron chi connectivity index (χ1n) is 17.1. The number of hydrogen-bond acceptors (Lipinski definition) is 9. The number of aliphatic hydroxyl groups is 2. The van der Waals surface area contributed by atoms with E-state index in [1.54, 1.807) is 0 Å². The molecule has 5 atom stereocenters. The second-order valence-corrected chi connectivity index (χ2v) is 13.8. The molecule has 49 heavy (non-hydrogen) atoms. The van der Waals surface area contributed by atoms with Crippen LogP contribution < -0.4 is 10.6 Å². The van der Waals surface area contributed by atoms with Gasteiger partial charge in [0, 0.05) is 66.7 Å². The summed E-state index contributed by atoms with van der Waals surface area (Å²) in [6.45, 7) is 1.09. The zero-order chi connectivity index (χ0) is 35.0. The van der Waals surface area contributed by atoms with Gasteiger partial charge in [0.1, 0.15) is 6.10 Å². The van der Waals surface area contributed by atoms with E-state index in [1.165, 1.54) is 4.90 Å². The van der Waals surface area contributed by atoms with Crippen LogP contribution in [0.2, 0.25) is 0 Å². The van der Waals surface area contributed by atoms with E-state index in [0.29, 0.717) is 38.8 Å². The minimum absolute atomic E-state index is 0.0361. The average Bonchev–Trinajstić information content (AvgIpc) is 3.50. The SMILES string of the molecule is O=C(CCCCCNC(=O)OC1Cc2ccccc2C#Cc2ccccc21)NCCCCCC(=O)N1CC(O)CC1C(O)CC[P+](=O)OO. The molecule has 2 aliphatic rings. The number of carbonyl (C=O) groups is 3. The lowest BCUT2D eigenvalue weighted by Gasteiger charge is -2.27. The molecular formula is C36H47N3O9P+. The first kappa shape index (κ1) is 38.0. The van der Waals surface area contributed by atoms with Crippen molar-refractivity contribution in [2.24, 2.45) is 0 Å². The Balaban J connectivity index is 1.04. The van der Waals surface area contributed by atoms with Crippen LogP contribution in [0.3, 0.4) is 0 Å². The minimum atomic E-state index is -2.28. The lowest BCUT2D eigenvalue weighted by atomic mass is 9.92. The van der Waals surface area contributed by atoms with Crippen molar-refractivity contribution in [2.45, 2.75) is 95.0 Å². The molecule has 264 valence electrons. The van der Waals surface area contributed by atoms with Gasteiger partial charge in [0.15, 0.2) is 6.16 Å². The molecule has 1 aliphatic carbocycles. The molecule has 12 nitrogen and oxygen atoms in total. The summed E-state index contributed by atoms with van der Waals surface area (Å²) < 4.78 is 20.9. The van der Waals surface area contributed by atoms with Crippen molar-refractivity contribution in [1.82, 2.24) is 15.5 Å². The molecule has 5 unspecified atom stereocenters. The van der Waals surface area contributed by atoms with Gasteiger partial charge in [0.25, 0.3) is 0 Å². The molecule has 0 saturated carbocycles. The van der Waals surface area contributed by atoms with Crippen molar-refractivity contribution in [3.8, 4) is 11.8 Å². The van der Waals surface area contributed by atoms with E-state index in [4.69, 9.17) is 9.99 Å². The number of hydrogen-bond donors (Lipinski definition) is 5. The highest BCUT2D eigenvalue weighted by atomic mass is 31.1. The fourth-order valence-electron chi connectivity index (χ4n) is 6.21. The predicted molar refractivity (Wildman–Crippen MR) is 183 cm³/mol. The number of nitrogens with zero attached hydrogens (tertiary/aromatic N) is 1. The summed E-state index contributed by atoms with van der Waals surface area (Å²) in [5, 5.41) is 34.7. The zero-order valence-electron chi connectivity index (χ0n) is 27.7.